The fourth-order valence-electron chi connectivity index (χ4n) is 11.7. The zero-order valence-electron chi connectivity index (χ0n) is 62.4. The SMILES string of the molecule is Cc1c(F)cc(-c2ccccc2)cc1F.Cc1cc(-c2ccccc2)cc(-c2ccccc2)c1C.Cc1cc(-c2ccccc2)cc(C)c1C.Cc1ccc(-c2ccc(F)cc2)cc1.Cc1ccc(-c2ccccc2)c(F)c1.Cc1ccc(-c2ccccc2)cc1C.Cc1ccc(-c2ccccc2)cc1F. The lowest BCUT2D eigenvalue weighted by atomic mass is 9.92. The molecule has 0 nitrogen and oxygen atoms in total. The van der Waals surface area contributed by atoms with Gasteiger partial charge in [-0.1, -0.05) is 315 Å². The zero-order valence-corrected chi connectivity index (χ0v) is 62.4. The minimum absolute atomic E-state index is 0.0645. The van der Waals surface area contributed by atoms with Gasteiger partial charge < -0.3 is 0 Å². The van der Waals surface area contributed by atoms with Crippen molar-refractivity contribution in [3.8, 4) is 89.0 Å². The molecule has 0 aromatic heterocycles. The molecule has 530 valence electrons. The summed E-state index contributed by atoms with van der Waals surface area (Å²) < 4.78 is 66.0. The van der Waals surface area contributed by atoms with E-state index in [9.17, 15) is 22.0 Å². The van der Waals surface area contributed by atoms with E-state index in [2.05, 4.69) is 225 Å². The average Bonchev–Trinajstić information content (AvgIpc) is 0.497. The van der Waals surface area contributed by atoms with Crippen molar-refractivity contribution in [1.82, 2.24) is 0 Å². The highest BCUT2D eigenvalue weighted by Gasteiger charge is 2.11. The molecule has 0 aliphatic heterocycles. The van der Waals surface area contributed by atoms with Crippen LogP contribution in [0.15, 0.2) is 352 Å². The quantitative estimate of drug-likeness (QED) is 0.133. The van der Waals surface area contributed by atoms with Crippen molar-refractivity contribution in [3.63, 3.8) is 0 Å². The van der Waals surface area contributed by atoms with Crippen LogP contribution >= 0.6 is 0 Å². The second-order valence-corrected chi connectivity index (χ2v) is 26.4. The van der Waals surface area contributed by atoms with Crippen LogP contribution in [0.2, 0.25) is 0 Å². The summed E-state index contributed by atoms with van der Waals surface area (Å²) in [6.07, 6.45) is 0. The van der Waals surface area contributed by atoms with Gasteiger partial charge in [0.2, 0.25) is 0 Å². The topological polar surface area (TPSA) is 0 Å². The van der Waals surface area contributed by atoms with E-state index in [4.69, 9.17) is 0 Å². The Labute approximate surface area is 625 Å². The van der Waals surface area contributed by atoms with Crippen LogP contribution in [0.5, 0.6) is 0 Å². The molecule has 0 unspecified atom stereocenters. The summed E-state index contributed by atoms with van der Waals surface area (Å²) in [5, 5.41) is 0. The van der Waals surface area contributed by atoms with E-state index in [0.29, 0.717) is 16.7 Å². The van der Waals surface area contributed by atoms with Gasteiger partial charge in [0.25, 0.3) is 0 Å². The number of halogens is 5. The van der Waals surface area contributed by atoms with Crippen LogP contribution in [-0.2, 0) is 0 Å². The molecule has 0 radical (unpaired) electrons. The monoisotopic (exact) mass is 1400 g/mol. The van der Waals surface area contributed by atoms with Crippen LogP contribution < -0.4 is 0 Å². The van der Waals surface area contributed by atoms with Crippen molar-refractivity contribution in [1.29, 1.82) is 0 Å². The third kappa shape index (κ3) is 22.7. The summed E-state index contributed by atoms with van der Waals surface area (Å²) in [5.41, 5.74) is 29.9. The number of hydrogen-bond acceptors (Lipinski definition) is 0. The van der Waals surface area contributed by atoms with Crippen LogP contribution in [-0.4, -0.2) is 0 Å². The molecular weight excluding hydrogens is 1310 g/mol. The van der Waals surface area contributed by atoms with Crippen LogP contribution in [0.3, 0.4) is 0 Å². The van der Waals surface area contributed by atoms with Gasteiger partial charge in [0, 0.05) is 11.1 Å². The average molecular weight is 1400 g/mol. The first-order valence-corrected chi connectivity index (χ1v) is 35.6. The molecule has 0 atom stereocenters. The van der Waals surface area contributed by atoms with E-state index in [-0.39, 0.29) is 23.0 Å². The molecule has 106 heavy (non-hydrogen) atoms. The van der Waals surface area contributed by atoms with Crippen molar-refractivity contribution in [2.24, 2.45) is 0 Å². The number of aryl methyl sites for hydroxylation is 8. The van der Waals surface area contributed by atoms with Crippen molar-refractivity contribution in [3.05, 3.63) is 442 Å². The molecule has 0 saturated carbocycles. The Morgan fingerprint density at radius 1 is 0.151 bits per heavy atom. The molecule has 0 amide bonds. The molecule has 0 heterocycles. The zero-order chi connectivity index (χ0) is 75.5. The standard InChI is InChI=1S/C20H18.C15H16.C14H14.C13H10F2.3C13H11F/c1-15-13-19(17-9-5-3-6-10-17)14-20(16(15)2)18-11-7-4-8-12-18;1-11-9-15(10-12(2)13(11)3)14-7-5-4-6-8-14;1-11-8-9-14(10-12(11)2)13-6-4-3-5-7-13;1-9-12(14)7-11(8-13(9)15)10-5-3-2-4-6-10;1-10-2-4-11(5-3-10)12-6-8-13(14)9-7-12;1-10-7-8-12(9-13(10)14)11-5-3-2-4-6-11;1-10-7-8-12(13(14)9-10)11-5-3-2-4-6-11/h3-14H,1-2H3;4-10H,1-3H3;3-10H,1-2H3;2-8H,1H3;3*2-9H,1H3. The second kappa shape index (κ2) is 39.0. The third-order valence-electron chi connectivity index (χ3n) is 18.6. The van der Waals surface area contributed by atoms with Crippen molar-refractivity contribution >= 4 is 0 Å². The highest BCUT2D eigenvalue weighted by molar-refractivity contribution is 5.77. The summed E-state index contributed by atoms with van der Waals surface area (Å²) in [4.78, 5) is 0. The molecule has 0 spiro atoms. The Bertz CT molecular complexity index is 4950. The summed E-state index contributed by atoms with van der Waals surface area (Å²) >= 11 is 0. The van der Waals surface area contributed by atoms with Gasteiger partial charge >= 0.3 is 0 Å². The lowest BCUT2D eigenvalue weighted by Gasteiger charge is -2.13. The molecule has 15 aromatic carbocycles. The normalized spacial score (nSPS) is 10.3. The Morgan fingerprint density at radius 3 is 0.840 bits per heavy atom. The van der Waals surface area contributed by atoms with Crippen LogP contribution in [0.4, 0.5) is 22.0 Å². The van der Waals surface area contributed by atoms with Gasteiger partial charge in [0.05, 0.1) is 0 Å². The van der Waals surface area contributed by atoms with E-state index in [1.165, 1.54) is 120 Å². The summed E-state index contributed by atoms with van der Waals surface area (Å²) in [6, 6.07) is 115. The Morgan fingerprint density at radius 2 is 0.443 bits per heavy atom. The van der Waals surface area contributed by atoms with Crippen LogP contribution in [0.25, 0.3) is 89.0 Å². The van der Waals surface area contributed by atoms with E-state index < -0.39 is 11.6 Å². The molecule has 0 bridgehead atoms. The van der Waals surface area contributed by atoms with Gasteiger partial charge in [-0.15, -0.1) is 0 Å². The number of rotatable bonds is 8. The largest absolute Gasteiger partial charge is 0.207 e. The first-order chi connectivity index (χ1) is 51.2. The molecule has 15 aromatic rings. The predicted molar refractivity (Wildman–Crippen MR) is 440 cm³/mol. The van der Waals surface area contributed by atoms with Gasteiger partial charge in [0.1, 0.15) is 29.1 Å². The van der Waals surface area contributed by atoms with Gasteiger partial charge in [0.15, 0.2) is 0 Å². The Balaban J connectivity index is 0.000000144. The molecular formula is C101H91F5. The first kappa shape index (κ1) is 78.1. The van der Waals surface area contributed by atoms with E-state index in [1.54, 1.807) is 37.3 Å². The van der Waals surface area contributed by atoms with Gasteiger partial charge in [-0.25, -0.2) is 22.0 Å². The lowest BCUT2D eigenvalue weighted by molar-refractivity contribution is 0.569. The lowest BCUT2D eigenvalue weighted by Crippen LogP contribution is -1.90. The van der Waals surface area contributed by atoms with Crippen LogP contribution in [0, 0.1) is 105 Å². The minimum atomic E-state index is -0.506. The molecule has 0 N–H and O–H groups in total. The van der Waals surface area contributed by atoms with Gasteiger partial charge in [-0.3, -0.25) is 0 Å². The second-order valence-electron chi connectivity index (χ2n) is 26.4. The van der Waals surface area contributed by atoms with Crippen molar-refractivity contribution in [2.45, 2.75) is 76.2 Å². The molecule has 15 rings (SSSR count). The molecule has 0 aliphatic rings. The van der Waals surface area contributed by atoms with E-state index >= 15 is 0 Å². The fourth-order valence-corrected chi connectivity index (χ4v) is 11.7. The van der Waals surface area contributed by atoms with E-state index in [0.717, 1.165) is 38.9 Å². The fraction of sp³-hybridized carbons (Fsp3) is 0.109. The Hall–Kier alpha value is -12.1. The highest BCUT2D eigenvalue weighted by Crippen LogP contribution is 2.33. The number of hydrogen-bond donors (Lipinski definition) is 0. The smallest absolute Gasteiger partial charge is 0.131 e. The molecule has 5 heteroatoms. The highest BCUT2D eigenvalue weighted by atomic mass is 19.1. The number of benzene rings is 15. The van der Waals surface area contributed by atoms with Crippen molar-refractivity contribution in [2.75, 3.05) is 0 Å². The molecule has 0 fully saturated rings. The van der Waals surface area contributed by atoms with Gasteiger partial charge in [-0.05, 0) is 252 Å². The van der Waals surface area contributed by atoms with Crippen LogP contribution in [0.1, 0.15) is 61.2 Å². The first-order valence-electron chi connectivity index (χ1n) is 35.6. The van der Waals surface area contributed by atoms with Crippen molar-refractivity contribution < 1.29 is 22.0 Å². The summed E-state index contributed by atoms with van der Waals surface area (Å²) in [7, 11) is 0. The minimum Gasteiger partial charge on any atom is -0.207 e. The Kier molecular flexibility index (Phi) is 28.7. The summed E-state index contributed by atoms with van der Waals surface area (Å²) in [5.74, 6) is -1.51. The molecule has 0 aliphatic carbocycles. The maximum Gasteiger partial charge on any atom is 0.131 e. The van der Waals surface area contributed by atoms with Gasteiger partial charge in [-0.2, -0.15) is 0 Å². The maximum atomic E-state index is 13.5. The molecule has 0 saturated heterocycles. The predicted octanol–water partition coefficient (Wildman–Crippen LogP) is 29.2. The van der Waals surface area contributed by atoms with E-state index in [1.807, 2.05) is 134 Å². The maximum absolute atomic E-state index is 13.5. The third-order valence-corrected chi connectivity index (χ3v) is 18.6. The summed E-state index contributed by atoms with van der Waals surface area (Å²) in [6.45, 7) is 22.4.